The van der Waals surface area contributed by atoms with Crippen molar-refractivity contribution in [2.45, 2.75) is 0 Å². The monoisotopic (exact) mass is 394 g/mol. The molecule has 0 bridgehead atoms. The number of hydrogen-bond acceptors (Lipinski definition) is 5. The number of hydrogen-bond donors (Lipinski definition) is 0. The van der Waals surface area contributed by atoms with Gasteiger partial charge in [-0.15, -0.1) is 0 Å². The zero-order chi connectivity index (χ0) is 13.9. The molecule has 0 aliphatic heterocycles. The number of rotatable bonds is 4. The van der Waals surface area contributed by atoms with Crippen molar-refractivity contribution in [1.82, 2.24) is 0 Å². The minimum absolute atomic E-state index is 0.122. The van der Waals surface area contributed by atoms with Gasteiger partial charge in [-0.1, -0.05) is 0 Å². The van der Waals surface area contributed by atoms with Crippen LogP contribution in [0.3, 0.4) is 0 Å². The zero-order valence-corrected chi connectivity index (χ0v) is 13.1. The van der Waals surface area contributed by atoms with E-state index in [-0.39, 0.29) is 8.92 Å². The van der Waals surface area contributed by atoms with E-state index >= 15 is 0 Å². The molecule has 0 radical (unpaired) electrons. The van der Waals surface area contributed by atoms with Gasteiger partial charge in [0.05, 0.1) is 0 Å². The van der Waals surface area contributed by atoms with Gasteiger partial charge in [0.2, 0.25) is 0 Å². The number of benzene rings is 2. The van der Waals surface area contributed by atoms with E-state index in [1.165, 1.54) is 48.5 Å². The Balaban J connectivity index is 2.37. The fourth-order valence-electron chi connectivity index (χ4n) is 1.37. The Bertz CT molecular complexity index is 683. The molecule has 19 heavy (non-hydrogen) atoms. The molecule has 0 saturated heterocycles. The quantitative estimate of drug-likeness (QED) is 0.705. The molecule has 0 spiro atoms. The third kappa shape index (κ3) is 3.35. The van der Waals surface area contributed by atoms with Crippen LogP contribution in [0.5, 0.6) is 0 Å². The fraction of sp³-hybridized carbons (Fsp3) is 0. The summed E-state index contributed by atoms with van der Waals surface area (Å²) in [5, 5.41) is 0. The Morgan fingerprint density at radius 3 is 1.21 bits per heavy atom. The SMILES string of the molecule is O=[Se](=O)(O[Se](=O)(=O)c1ccccc1)c1ccccc1. The van der Waals surface area contributed by atoms with E-state index in [1.807, 2.05) is 0 Å². The molecule has 5 nitrogen and oxygen atoms in total. The third-order valence-corrected chi connectivity index (χ3v) is 10.5. The van der Waals surface area contributed by atoms with E-state index in [2.05, 4.69) is 2.90 Å². The molecule has 100 valence electrons. The van der Waals surface area contributed by atoms with Crippen LogP contribution in [0.15, 0.2) is 60.7 Å². The minimum atomic E-state index is -5.15. The van der Waals surface area contributed by atoms with Gasteiger partial charge in [0, 0.05) is 0 Å². The summed E-state index contributed by atoms with van der Waals surface area (Å²) >= 11 is -10.3. The second-order valence-electron chi connectivity index (χ2n) is 3.60. The van der Waals surface area contributed by atoms with Crippen LogP contribution in [0.25, 0.3) is 0 Å². The first-order chi connectivity index (χ1) is 8.92. The molecule has 2 aromatic rings. The Labute approximate surface area is 114 Å². The maximum atomic E-state index is 11.9. The molecule has 0 fully saturated rings. The van der Waals surface area contributed by atoms with Crippen molar-refractivity contribution in [3.05, 3.63) is 60.7 Å². The first-order valence-electron chi connectivity index (χ1n) is 5.23. The van der Waals surface area contributed by atoms with Crippen LogP contribution in [0.4, 0.5) is 0 Å². The molecule has 0 atom stereocenters. The average molecular weight is 392 g/mol. The van der Waals surface area contributed by atoms with Gasteiger partial charge < -0.3 is 0 Å². The molecule has 0 unspecified atom stereocenters. The van der Waals surface area contributed by atoms with Gasteiger partial charge in [-0.05, 0) is 0 Å². The van der Waals surface area contributed by atoms with Crippen LogP contribution in [0.1, 0.15) is 0 Å². The van der Waals surface area contributed by atoms with Crippen molar-refractivity contribution in [1.29, 1.82) is 0 Å². The van der Waals surface area contributed by atoms with Gasteiger partial charge in [-0.25, -0.2) is 0 Å². The third-order valence-electron chi connectivity index (χ3n) is 2.24. The predicted octanol–water partition coefficient (Wildman–Crippen LogP) is 0.417. The summed E-state index contributed by atoms with van der Waals surface area (Å²) in [7, 11) is 0. The molecule has 2 rings (SSSR count). The molecule has 0 aromatic heterocycles. The predicted molar refractivity (Wildman–Crippen MR) is 67.5 cm³/mol. The van der Waals surface area contributed by atoms with Crippen LogP contribution < -0.4 is 8.92 Å². The summed E-state index contributed by atoms with van der Waals surface area (Å²) in [6.45, 7) is 0. The fourth-order valence-corrected chi connectivity index (χ4v) is 8.54. The first-order valence-corrected chi connectivity index (χ1v) is 11.1. The molecule has 0 amide bonds. The average Bonchev–Trinajstić information content (AvgIpc) is 2.40. The van der Waals surface area contributed by atoms with Gasteiger partial charge in [0.25, 0.3) is 0 Å². The Hall–Kier alpha value is -1.36. The molecule has 0 saturated carbocycles. The topological polar surface area (TPSA) is 77.5 Å². The second kappa shape index (κ2) is 5.33. The van der Waals surface area contributed by atoms with E-state index < -0.39 is 26.1 Å². The summed E-state index contributed by atoms with van der Waals surface area (Å²) in [4.78, 5) is 0. The summed E-state index contributed by atoms with van der Waals surface area (Å²) in [6, 6.07) is 14.5. The summed E-state index contributed by atoms with van der Waals surface area (Å²) in [6.07, 6.45) is 0. The molecular weight excluding hydrogens is 382 g/mol. The van der Waals surface area contributed by atoms with Crippen molar-refractivity contribution in [2.24, 2.45) is 0 Å². The van der Waals surface area contributed by atoms with Crippen molar-refractivity contribution in [2.75, 3.05) is 0 Å². The van der Waals surface area contributed by atoms with Gasteiger partial charge in [0.1, 0.15) is 0 Å². The Kier molecular flexibility index (Phi) is 3.94. The van der Waals surface area contributed by atoms with Crippen molar-refractivity contribution in [3.8, 4) is 0 Å². The molecule has 0 heterocycles. The first kappa shape index (κ1) is 14.1. The van der Waals surface area contributed by atoms with E-state index in [0.29, 0.717) is 0 Å². The van der Waals surface area contributed by atoms with Crippen molar-refractivity contribution >= 4 is 35.0 Å². The standard InChI is InChI=1S/C12H10O5Se2/c13-18(14,11-7-3-1-4-8-11)17-19(15,16)12-9-5-2-6-10-12/h1-10H. The molecule has 0 aliphatic rings. The van der Waals surface area contributed by atoms with Crippen LogP contribution >= 0.6 is 0 Å². The molecule has 0 N–H and O–H groups in total. The van der Waals surface area contributed by atoms with Crippen LogP contribution in [-0.2, 0) is 18.2 Å². The van der Waals surface area contributed by atoms with Crippen molar-refractivity contribution < 1.29 is 18.2 Å². The summed E-state index contributed by atoms with van der Waals surface area (Å²) in [5.74, 6) is 0. The molecule has 7 heteroatoms. The van der Waals surface area contributed by atoms with E-state index in [9.17, 15) is 15.3 Å². The van der Waals surface area contributed by atoms with Crippen molar-refractivity contribution in [3.63, 3.8) is 0 Å². The normalized spacial score (nSPS) is 12.2. The van der Waals surface area contributed by atoms with Gasteiger partial charge in [-0.2, -0.15) is 0 Å². The zero-order valence-electron chi connectivity index (χ0n) is 9.63. The maximum absolute atomic E-state index is 11.9. The molecule has 2 aromatic carbocycles. The summed E-state index contributed by atoms with van der Waals surface area (Å²) < 4.78 is 51.9. The van der Waals surface area contributed by atoms with E-state index in [4.69, 9.17) is 0 Å². The van der Waals surface area contributed by atoms with Gasteiger partial charge in [-0.3, -0.25) is 0 Å². The Morgan fingerprint density at radius 1 is 0.579 bits per heavy atom. The summed E-state index contributed by atoms with van der Waals surface area (Å²) in [5.41, 5.74) is 0. The van der Waals surface area contributed by atoms with Crippen LogP contribution in [-0.4, -0.2) is 26.1 Å². The Morgan fingerprint density at radius 2 is 0.895 bits per heavy atom. The van der Waals surface area contributed by atoms with Crippen LogP contribution in [0, 0.1) is 0 Å². The van der Waals surface area contributed by atoms with E-state index in [0.717, 1.165) is 0 Å². The van der Waals surface area contributed by atoms with Crippen LogP contribution in [0.2, 0.25) is 0 Å². The molecule has 0 aliphatic carbocycles. The van der Waals surface area contributed by atoms with Gasteiger partial charge in [0.15, 0.2) is 0 Å². The second-order valence-corrected chi connectivity index (χ2v) is 11.2. The van der Waals surface area contributed by atoms with E-state index in [1.54, 1.807) is 12.1 Å². The molecular formula is C12H10O5Se2. The van der Waals surface area contributed by atoms with Gasteiger partial charge >= 0.3 is 114 Å².